The second-order valence-corrected chi connectivity index (χ2v) is 5.32. The Morgan fingerprint density at radius 2 is 1.78 bits per heavy atom. The van der Waals surface area contributed by atoms with Gasteiger partial charge in [-0.1, -0.05) is 52.3 Å². The van der Waals surface area contributed by atoms with Gasteiger partial charge in [0.05, 0.1) is 6.04 Å². The second-order valence-electron chi connectivity index (χ2n) is 4.46. The predicted octanol–water partition coefficient (Wildman–Crippen LogP) is 3.62. The molecular formula is C15H17BrN2. The molecular weight excluding hydrogens is 288 g/mol. The second kappa shape index (κ2) is 5.65. The van der Waals surface area contributed by atoms with Crippen LogP contribution >= 0.6 is 15.9 Å². The summed E-state index contributed by atoms with van der Waals surface area (Å²) in [5.41, 5.74) is 7.72. The van der Waals surface area contributed by atoms with E-state index in [4.69, 9.17) is 5.84 Å². The predicted molar refractivity (Wildman–Crippen MR) is 79.2 cm³/mol. The van der Waals surface area contributed by atoms with Crippen molar-refractivity contribution in [3.8, 4) is 0 Å². The maximum absolute atomic E-state index is 5.73. The lowest BCUT2D eigenvalue weighted by atomic mass is 9.95. The maximum Gasteiger partial charge on any atom is 0.0713 e. The molecule has 0 aromatic heterocycles. The highest BCUT2D eigenvalue weighted by molar-refractivity contribution is 9.10. The molecule has 0 saturated carbocycles. The lowest BCUT2D eigenvalue weighted by Crippen LogP contribution is -2.29. The van der Waals surface area contributed by atoms with Crippen molar-refractivity contribution in [3.05, 3.63) is 69.2 Å². The van der Waals surface area contributed by atoms with Crippen LogP contribution in [0.15, 0.2) is 46.9 Å². The van der Waals surface area contributed by atoms with Gasteiger partial charge in [-0.3, -0.25) is 5.84 Å². The van der Waals surface area contributed by atoms with Crippen molar-refractivity contribution >= 4 is 15.9 Å². The zero-order valence-corrected chi connectivity index (χ0v) is 12.2. The molecule has 2 aromatic rings. The van der Waals surface area contributed by atoms with E-state index in [1.807, 2.05) is 12.1 Å². The molecule has 0 aliphatic rings. The number of benzene rings is 2. The average molecular weight is 305 g/mol. The number of hydrazine groups is 1. The van der Waals surface area contributed by atoms with Crippen molar-refractivity contribution in [2.75, 3.05) is 0 Å². The Labute approximate surface area is 116 Å². The van der Waals surface area contributed by atoms with Crippen LogP contribution < -0.4 is 11.3 Å². The van der Waals surface area contributed by atoms with E-state index in [-0.39, 0.29) is 6.04 Å². The molecule has 0 radical (unpaired) electrons. The van der Waals surface area contributed by atoms with E-state index >= 15 is 0 Å². The van der Waals surface area contributed by atoms with E-state index in [1.165, 1.54) is 16.7 Å². The minimum absolute atomic E-state index is 0.0168. The van der Waals surface area contributed by atoms with E-state index in [9.17, 15) is 0 Å². The van der Waals surface area contributed by atoms with Crippen LogP contribution in [0.2, 0.25) is 0 Å². The Morgan fingerprint density at radius 3 is 2.39 bits per heavy atom. The van der Waals surface area contributed by atoms with Crippen molar-refractivity contribution in [1.82, 2.24) is 5.43 Å². The van der Waals surface area contributed by atoms with Crippen molar-refractivity contribution in [1.29, 1.82) is 0 Å². The standard InChI is InChI=1S/C15H17BrN2/c1-10-5-3-4-6-13(10)15(18-17)12-8-7-11(2)14(16)9-12/h3-9,15,18H,17H2,1-2H3. The molecule has 1 unspecified atom stereocenters. The van der Waals surface area contributed by atoms with Gasteiger partial charge in [0, 0.05) is 4.47 Å². The lowest BCUT2D eigenvalue weighted by Gasteiger charge is -2.19. The molecule has 3 N–H and O–H groups in total. The Balaban J connectivity index is 2.45. The number of hydrogen-bond acceptors (Lipinski definition) is 2. The van der Waals surface area contributed by atoms with E-state index in [1.54, 1.807) is 0 Å². The van der Waals surface area contributed by atoms with Crippen LogP contribution in [-0.4, -0.2) is 0 Å². The molecule has 0 fully saturated rings. The SMILES string of the molecule is Cc1ccc(C(NN)c2ccccc2C)cc1Br. The van der Waals surface area contributed by atoms with Gasteiger partial charge in [0.2, 0.25) is 0 Å². The van der Waals surface area contributed by atoms with Crippen LogP contribution in [0, 0.1) is 13.8 Å². The van der Waals surface area contributed by atoms with E-state index in [0.717, 1.165) is 10.0 Å². The molecule has 0 heterocycles. The summed E-state index contributed by atoms with van der Waals surface area (Å²) in [6.45, 7) is 4.18. The quantitative estimate of drug-likeness (QED) is 0.671. The zero-order chi connectivity index (χ0) is 13.1. The van der Waals surface area contributed by atoms with Crippen LogP contribution in [0.3, 0.4) is 0 Å². The van der Waals surface area contributed by atoms with Crippen molar-refractivity contribution < 1.29 is 0 Å². The molecule has 2 rings (SSSR count). The van der Waals surface area contributed by atoms with Gasteiger partial charge in [0.25, 0.3) is 0 Å². The third-order valence-corrected chi connectivity index (χ3v) is 4.05. The van der Waals surface area contributed by atoms with Gasteiger partial charge in [-0.15, -0.1) is 0 Å². The van der Waals surface area contributed by atoms with Crippen molar-refractivity contribution in [2.45, 2.75) is 19.9 Å². The first-order valence-electron chi connectivity index (χ1n) is 5.91. The highest BCUT2D eigenvalue weighted by atomic mass is 79.9. The summed E-state index contributed by atoms with van der Waals surface area (Å²) >= 11 is 3.57. The highest BCUT2D eigenvalue weighted by Crippen LogP contribution is 2.27. The van der Waals surface area contributed by atoms with Gasteiger partial charge in [-0.2, -0.15) is 0 Å². The summed E-state index contributed by atoms with van der Waals surface area (Å²) in [6.07, 6.45) is 0. The fourth-order valence-corrected chi connectivity index (χ4v) is 2.46. The van der Waals surface area contributed by atoms with Crippen LogP contribution in [-0.2, 0) is 0 Å². The minimum Gasteiger partial charge on any atom is -0.271 e. The normalized spacial score (nSPS) is 12.4. The minimum atomic E-state index is 0.0168. The van der Waals surface area contributed by atoms with Crippen LogP contribution in [0.25, 0.3) is 0 Å². The summed E-state index contributed by atoms with van der Waals surface area (Å²) in [5, 5.41) is 0. The molecule has 1 atom stereocenters. The molecule has 2 aromatic carbocycles. The van der Waals surface area contributed by atoms with Gasteiger partial charge in [0.15, 0.2) is 0 Å². The first-order chi connectivity index (χ1) is 8.63. The Hall–Kier alpha value is -1.16. The fraction of sp³-hybridized carbons (Fsp3) is 0.200. The van der Waals surface area contributed by atoms with E-state index in [2.05, 4.69) is 65.5 Å². The van der Waals surface area contributed by atoms with Gasteiger partial charge >= 0.3 is 0 Å². The van der Waals surface area contributed by atoms with Gasteiger partial charge in [0.1, 0.15) is 0 Å². The van der Waals surface area contributed by atoms with Crippen LogP contribution in [0.5, 0.6) is 0 Å². The summed E-state index contributed by atoms with van der Waals surface area (Å²) < 4.78 is 1.11. The topological polar surface area (TPSA) is 38.0 Å². The van der Waals surface area contributed by atoms with Crippen LogP contribution in [0.1, 0.15) is 28.3 Å². The zero-order valence-electron chi connectivity index (χ0n) is 10.6. The lowest BCUT2D eigenvalue weighted by molar-refractivity contribution is 0.633. The number of aryl methyl sites for hydroxylation is 2. The third-order valence-electron chi connectivity index (χ3n) is 3.20. The highest BCUT2D eigenvalue weighted by Gasteiger charge is 2.14. The molecule has 0 amide bonds. The molecule has 0 saturated heterocycles. The Bertz CT molecular complexity index is 552. The molecule has 0 spiro atoms. The molecule has 0 aliphatic heterocycles. The molecule has 2 nitrogen and oxygen atoms in total. The largest absolute Gasteiger partial charge is 0.271 e. The summed E-state index contributed by atoms with van der Waals surface area (Å²) in [7, 11) is 0. The fourth-order valence-electron chi connectivity index (χ4n) is 2.06. The number of halogens is 1. The monoisotopic (exact) mass is 304 g/mol. The first-order valence-corrected chi connectivity index (χ1v) is 6.70. The molecule has 0 bridgehead atoms. The van der Waals surface area contributed by atoms with Crippen molar-refractivity contribution in [2.24, 2.45) is 5.84 Å². The Morgan fingerprint density at radius 1 is 1.06 bits per heavy atom. The molecule has 94 valence electrons. The van der Waals surface area contributed by atoms with Gasteiger partial charge < -0.3 is 0 Å². The molecule has 18 heavy (non-hydrogen) atoms. The van der Waals surface area contributed by atoms with Crippen molar-refractivity contribution in [3.63, 3.8) is 0 Å². The summed E-state index contributed by atoms with van der Waals surface area (Å²) in [6, 6.07) is 14.6. The van der Waals surface area contributed by atoms with E-state index in [0.29, 0.717) is 0 Å². The van der Waals surface area contributed by atoms with Crippen LogP contribution in [0.4, 0.5) is 0 Å². The van der Waals surface area contributed by atoms with E-state index < -0.39 is 0 Å². The number of rotatable bonds is 3. The summed E-state index contributed by atoms with van der Waals surface area (Å²) in [4.78, 5) is 0. The molecule has 0 aliphatic carbocycles. The number of nitrogens with one attached hydrogen (secondary N) is 1. The van der Waals surface area contributed by atoms with Gasteiger partial charge in [-0.05, 0) is 42.2 Å². The number of nitrogens with two attached hydrogens (primary N) is 1. The number of hydrogen-bond donors (Lipinski definition) is 2. The summed E-state index contributed by atoms with van der Waals surface area (Å²) in [5.74, 6) is 5.73. The average Bonchev–Trinajstić information content (AvgIpc) is 2.37. The molecule has 3 heteroatoms. The Kier molecular flexibility index (Phi) is 4.17. The maximum atomic E-state index is 5.73. The van der Waals surface area contributed by atoms with Gasteiger partial charge in [-0.25, -0.2) is 5.43 Å². The smallest absolute Gasteiger partial charge is 0.0713 e. The first kappa shape index (κ1) is 13.3. The third kappa shape index (κ3) is 2.64.